The molecule has 4 atom stereocenters. The standard InChI is InChI=1S/C23H21ClN2O3/c1-12-6-9-15(24)11-17(12)25-21(27)16-4-2-3-5-18(16)26-22(28)19-13-7-8-14(10-13)20(19)23(26)29/h2-6,9,11,13-14,19-20H,7-8,10H2,1H3,(H,25,27)/t13-,14+,19-,20+. The van der Waals surface area contributed by atoms with Gasteiger partial charge in [-0.2, -0.15) is 0 Å². The van der Waals surface area contributed by atoms with E-state index in [9.17, 15) is 14.4 Å². The van der Waals surface area contributed by atoms with Crippen LogP contribution in [0.4, 0.5) is 11.4 Å². The number of nitrogens with one attached hydrogen (secondary N) is 1. The molecular formula is C23H21ClN2O3. The number of benzene rings is 2. The van der Waals surface area contributed by atoms with Crippen LogP contribution < -0.4 is 10.2 Å². The minimum Gasteiger partial charge on any atom is -0.322 e. The SMILES string of the molecule is Cc1ccc(Cl)cc1NC(=O)c1ccccc1N1C(=O)[C@@H]2[C@@H]3CC[C@@H](C3)[C@@H]2C1=O. The van der Waals surface area contributed by atoms with Crippen LogP contribution in [0.5, 0.6) is 0 Å². The first kappa shape index (κ1) is 18.4. The Balaban J connectivity index is 1.49. The molecule has 2 aromatic carbocycles. The molecule has 2 saturated carbocycles. The van der Waals surface area contributed by atoms with Crippen molar-refractivity contribution < 1.29 is 14.4 Å². The molecule has 1 aliphatic heterocycles. The molecule has 29 heavy (non-hydrogen) atoms. The van der Waals surface area contributed by atoms with Crippen molar-refractivity contribution in [3.8, 4) is 0 Å². The van der Waals surface area contributed by atoms with Gasteiger partial charge in [0, 0.05) is 10.7 Å². The van der Waals surface area contributed by atoms with Gasteiger partial charge in [0.05, 0.1) is 23.1 Å². The molecule has 5 rings (SSSR count). The maximum atomic E-state index is 13.2. The summed E-state index contributed by atoms with van der Waals surface area (Å²) in [5, 5.41) is 3.39. The van der Waals surface area contributed by atoms with Crippen molar-refractivity contribution in [2.45, 2.75) is 26.2 Å². The zero-order valence-electron chi connectivity index (χ0n) is 16.0. The smallest absolute Gasteiger partial charge is 0.257 e. The van der Waals surface area contributed by atoms with Crippen LogP contribution >= 0.6 is 11.6 Å². The Kier molecular flexibility index (Phi) is 4.24. The highest BCUT2D eigenvalue weighted by Crippen LogP contribution is 2.56. The average molecular weight is 409 g/mol. The lowest BCUT2D eigenvalue weighted by Gasteiger charge is -2.20. The van der Waals surface area contributed by atoms with E-state index in [1.54, 1.807) is 36.4 Å². The molecule has 1 N–H and O–H groups in total. The van der Waals surface area contributed by atoms with Gasteiger partial charge in [0.15, 0.2) is 0 Å². The first-order valence-corrected chi connectivity index (χ1v) is 10.4. The molecule has 2 bridgehead atoms. The van der Waals surface area contributed by atoms with E-state index in [-0.39, 0.29) is 29.6 Å². The quantitative estimate of drug-likeness (QED) is 0.763. The second-order valence-electron chi connectivity index (χ2n) is 8.33. The van der Waals surface area contributed by atoms with Crippen molar-refractivity contribution in [3.05, 3.63) is 58.6 Å². The van der Waals surface area contributed by atoms with E-state index in [2.05, 4.69) is 5.32 Å². The monoisotopic (exact) mass is 408 g/mol. The minimum atomic E-state index is -0.369. The summed E-state index contributed by atoms with van der Waals surface area (Å²) in [6.07, 6.45) is 3.03. The van der Waals surface area contributed by atoms with Crippen LogP contribution in [0, 0.1) is 30.6 Å². The first-order chi connectivity index (χ1) is 14.0. The number of aryl methyl sites for hydroxylation is 1. The largest absolute Gasteiger partial charge is 0.322 e. The van der Waals surface area contributed by atoms with Gasteiger partial charge in [-0.25, -0.2) is 4.90 Å². The molecule has 0 radical (unpaired) electrons. The second kappa shape index (κ2) is 6.70. The van der Waals surface area contributed by atoms with Crippen molar-refractivity contribution in [1.29, 1.82) is 0 Å². The van der Waals surface area contributed by atoms with Crippen LogP contribution in [-0.4, -0.2) is 17.7 Å². The van der Waals surface area contributed by atoms with Crippen LogP contribution in [0.25, 0.3) is 0 Å². The molecule has 3 fully saturated rings. The van der Waals surface area contributed by atoms with Crippen LogP contribution in [0.1, 0.15) is 35.2 Å². The number of carbonyl (C=O) groups excluding carboxylic acids is 3. The molecule has 2 aliphatic carbocycles. The van der Waals surface area contributed by atoms with E-state index in [0.717, 1.165) is 24.8 Å². The molecular weight excluding hydrogens is 388 g/mol. The Morgan fingerprint density at radius 2 is 1.69 bits per heavy atom. The van der Waals surface area contributed by atoms with Gasteiger partial charge >= 0.3 is 0 Å². The van der Waals surface area contributed by atoms with Gasteiger partial charge in [-0.15, -0.1) is 0 Å². The number of para-hydroxylation sites is 1. The summed E-state index contributed by atoms with van der Waals surface area (Å²) in [5.41, 5.74) is 2.15. The number of hydrogen-bond donors (Lipinski definition) is 1. The summed E-state index contributed by atoms with van der Waals surface area (Å²) < 4.78 is 0. The summed E-state index contributed by atoms with van der Waals surface area (Å²) in [6, 6.07) is 12.1. The highest BCUT2D eigenvalue weighted by Gasteiger charge is 2.61. The van der Waals surface area contributed by atoms with Gasteiger partial charge in [-0.3, -0.25) is 14.4 Å². The third-order valence-corrected chi connectivity index (χ3v) is 7.00. The number of amides is 3. The topological polar surface area (TPSA) is 66.5 Å². The van der Waals surface area contributed by atoms with Crippen LogP contribution in [0.3, 0.4) is 0 Å². The zero-order chi connectivity index (χ0) is 20.3. The molecule has 0 unspecified atom stereocenters. The Hall–Kier alpha value is -2.66. The lowest BCUT2D eigenvalue weighted by molar-refractivity contribution is -0.123. The van der Waals surface area contributed by atoms with Crippen LogP contribution in [-0.2, 0) is 9.59 Å². The molecule has 0 spiro atoms. The molecule has 1 saturated heterocycles. The molecule has 3 amide bonds. The molecule has 6 heteroatoms. The van der Waals surface area contributed by atoms with Gasteiger partial charge in [0.2, 0.25) is 11.8 Å². The molecule has 2 aromatic rings. The number of nitrogens with zero attached hydrogens (tertiary/aromatic N) is 1. The third-order valence-electron chi connectivity index (χ3n) is 6.76. The number of rotatable bonds is 3. The third kappa shape index (κ3) is 2.79. The van der Waals surface area contributed by atoms with Gasteiger partial charge in [0.25, 0.3) is 5.91 Å². The van der Waals surface area contributed by atoms with Gasteiger partial charge in [0.1, 0.15) is 0 Å². The maximum absolute atomic E-state index is 13.2. The second-order valence-corrected chi connectivity index (χ2v) is 8.76. The summed E-state index contributed by atoms with van der Waals surface area (Å²) in [4.78, 5) is 40.7. The number of anilines is 2. The number of fused-ring (bicyclic) bond motifs is 5. The van der Waals surface area contributed by atoms with E-state index >= 15 is 0 Å². The Bertz CT molecular complexity index is 1020. The van der Waals surface area contributed by atoms with E-state index in [1.165, 1.54) is 4.90 Å². The highest BCUT2D eigenvalue weighted by molar-refractivity contribution is 6.31. The maximum Gasteiger partial charge on any atom is 0.257 e. The Labute approximate surface area is 174 Å². The average Bonchev–Trinajstić information content (AvgIpc) is 3.38. The molecule has 148 valence electrons. The summed E-state index contributed by atoms with van der Waals surface area (Å²) in [6.45, 7) is 1.88. The summed E-state index contributed by atoms with van der Waals surface area (Å²) in [7, 11) is 0. The number of halogens is 1. The minimum absolute atomic E-state index is 0.147. The van der Waals surface area contributed by atoms with Gasteiger partial charge in [-0.05, 0) is 67.9 Å². The van der Waals surface area contributed by atoms with Crippen LogP contribution in [0.2, 0.25) is 5.02 Å². The Morgan fingerprint density at radius 1 is 1.03 bits per heavy atom. The van der Waals surface area contributed by atoms with E-state index in [4.69, 9.17) is 11.6 Å². The highest BCUT2D eigenvalue weighted by atomic mass is 35.5. The number of imide groups is 1. The van der Waals surface area contributed by atoms with Gasteiger partial charge < -0.3 is 5.32 Å². The molecule has 0 aromatic heterocycles. The van der Waals surface area contributed by atoms with Crippen molar-refractivity contribution in [3.63, 3.8) is 0 Å². The van der Waals surface area contributed by atoms with Crippen molar-refractivity contribution in [1.82, 2.24) is 0 Å². The van der Waals surface area contributed by atoms with Gasteiger partial charge in [-0.1, -0.05) is 29.8 Å². The molecule has 1 heterocycles. The van der Waals surface area contributed by atoms with Crippen LogP contribution in [0.15, 0.2) is 42.5 Å². The van der Waals surface area contributed by atoms with E-state index in [1.807, 2.05) is 13.0 Å². The van der Waals surface area contributed by atoms with Crippen molar-refractivity contribution in [2.75, 3.05) is 10.2 Å². The van der Waals surface area contributed by atoms with Crippen molar-refractivity contribution >= 4 is 40.7 Å². The normalized spacial score (nSPS) is 27.4. The molecule has 3 aliphatic rings. The summed E-state index contributed by atoms with van der Waals surface area (Å²) in [5.74, 6) is -0.479. The predicted molar refractivity (Wildman–Crippen MR) is 111 cm³/mol. The van der Waals surface area contributed by atoms with Crippen molar-refractivity contribution in [2.24, 2.45) is 23.7 Å². The van der Waals surface area contributed by atoms with E-state index < -0.39 is 0 Å². The zero-order valence-corrected chi connectivity index (χ0v) is 16.8. The fourth-order valence-corrected chi connectivity index (χ4v) is 5.60. The number of carbonyl (C=O) groups is 3. The number of hydrogen-bond acceptors (Lipinski definition) is 3. The Morgan fingerprint density at radius 3 is 2.38 bits per heavy atom. The fraction of sp³-hybridized carbons (Fsp3) is 0.348. The first-order valence-electron chi connectivity index (χ1n) is 10.00. The summed E-state index contributed by atoms with van der Waals surface area (Å²) >= 11 is 6.06. The predicted octanol–water partition coefficient (Wildman–Crippen LogP) is 4.44. The molecule has 5 nitrogen and oxygen atoms in total. The lowest BCUT2D eigenvalue weighted by atomic mass is 9.81. The fourth-order valence-electron chi connectivity index (χ4n) is 5.43. The van der Waals surface area contributed by atoms with E-state index in [0.29, 0.717) is 33.8 Å². The lowest BCUT2D eigenvalue weighted by Crippen LogP contribution is -2.34.